The van der Waals surface area contributed by atoms with Gasteiger partial charge in [-0.05, 0) is 36.8 Å². The Kier molecular flexibility index (Phi) is 7.17. The predicted octanol–water partition coefficient (Wildman–Crippen LogP) is 3.36. The number of halogens is 1. The number of carbonyl (C=O) groups excluding carboxylic acids is 1. The van der Waals surface area contributed by atoms with Gasteiger partial charge in [-0.3, -0.25) is 4.79 Å². The fourth-order valence-corrected chi connectivity index (χ4v) is 2.43. The van der Waals surface area contributed by atoms with Gasteiger partial charge in [0.05, 0.1) is 10.6 Å². The molecule has 0 radical (unpaired) electrons. The van der Waals surface area contributed by atoms with Gasteiger partial charge < -0.3 is 19.6 Å². The van der Waals surface area contributed by atoms with Crippen LogP contribution >= 0.6 is 11.6 Å². The molecule has 0 spiro atoms. The van der Waals surface area contributed by atoms with E-state index in [1.165, 1.54) is 18.2 Å². The third-order valence-electron chi connectivity index (χ3n) is 3.57. The van der Waals surface area contributed by atoms with E-state index in [2.05, 4.69) is 5.32 Å². The molecule has 0 saturated carbocycles. The van der Waals surface area contributed by atoms with Gasteiger partial charge in [-0.25, -0.2) is 4.79 Å². The van der Waals surface area contributed by atoms with E-state index < -0.39 is 11.9 Å². The van der Waals surface area contributed by atoms with Crippen LogP contribution in [0.15, 0.2) is 40.3 Å². The van der Waals surface area contributed by atoms with Gasteiger partial charge >= 0.3 is 5.97 Å². The summed E-state index contributed by atoms with van der Waals surface area (Å²) in [7, 11) is 1.57. The van der Waals surface area contributed by atoms with E-state index in [-0.39, 0.29) is 16.2 Å². The molecule has 0 atom stereocenters. The molecule has 0 aliphatic rings. The molecule has 1 aromatic carbocycles. The first-order valence-corrected chi connectivity index (χ1v) is 8.36. The molecule has 1 aromatic heterocycles. The molecule has 2 aromatic rings. The SMILES string of the molecule is COCCCNC(=O)C(C#N)=Cc1ccc(-c2ccc(Cl)c(C(=O)O)c2)o1. The Morgan fingerprint density at radius 2 is 2.15 bits per heavy atom. The van der Waals surface area contributed by atoms with Gasteiger partial charge in [0.15, 0.2) is 0 Å². The molecule has 0 fully saturated rings. The van der Waals surface area contributed by atoms with Gasteiger partial charge in [0.25, 0.3) is 5.91 Å². The van der Waals surface area contributed by atoms with Crippen molar-refractivity contribution in [2.75, 3.05) is 20.3 Å². The second kappa shape index (κ2) is 9.57. The van der Waals surface area contributed by atoms with Crippen LogP contribution < -0.4 is 5.32 Å². The Hall–Kier alpha value is -3.08. The maximum atomic E-state index is 12.0. The number of carboxylic acids is 1. The molecule has 0 aliphatic carbocycles. The lowest BCUT2D eigenvalue weighted by molar-refractivity contribution is -0.117. The lowest BCUT2D eigenvalue weighted by Gasteiger charge is -2.03. The molecule has 0 aliphatic heterocycles. The smallest absolute Gasteiger partial charge is 0.337 e. The first kappa shape index (κ1) is 20.2. The average molecular weight is 389 g/mol. The van der Waals surface area contributed by atoms with Gasteiger partial charge in [0, 0.05) is 31.9 Å². The zero-order valence-corrected chi connectivity index (χ0v) is 15.2. The molecule has 2 N–H and O–H groups in total. The Bertz CT molecular complexity index is 911. The number of carbonyl (C=O) groups is 2. The number of aromatic carboxylic acids is 1. The number of carboxylic acid groups (broad SMARTS) is 1. The van der Waals surface area contributed by atoms with Crippen molar-refractivity contribution in [2.45, 2.75) is 6.42 Å². The molecule has 27 heavy (non-hydrogen) atoms. The van der Waals surface area contributed by atoms with Crippen molar-refractivity contribution >= 4 is 29.6 Å². The molecule has 1 heterocycles. The van der Waals surface area contributed by atoms with Gasteiger partial charge in [0.1, 0.15) is 23.2 Å². The molecule has 0 bridgehead atoms. The number of ether oxygens (including phenoxy) is 1. The number of nitrogens with one attached hydrogen (secondary N) is 1. The van der Waals surface area contributed by atoms with E-state index in [1.807, 2.05) is 6.07 Å². The number of benzene rings is 1. The first-order valence-electron chi connectivity index (χ1n) is 7.98. The Labute approximate surface area is 160 Å². The standard InChI is InChI=1S/C19H17ClN2O5/c1-26-8-2-7-22-18(23)13(11-21)9-14-4-6-17(27-14)12-3-5-16(20)15(10-12)19(24)25/h3-6,9-10H,2,7-8H2,1H3,(H,22,23)(H,24,25). The highest BCUT2D eigenvalue weighted by Gasteiger charge is 2.13. The van der Waals surface area contributed by atoms with E-state index >= 15 is 0 Å². The van der Waals surface area contributed by atoms with E-state index in [0.717, 1.165) is 0 Å². The minimum absolute atomic E-state index is 0.0455. The highest BCUT2D eigenvalue weighted by atomic mass is 35.5. The van der Waals surface area contributed by atoms with Gasteiger partial charge in [-0.15, -0.1) is 0 Å². The Morgan fingerprint density at radius 3 is 2.81 bits per heavy atom. The third kappa shape index (κ3) is 5.45. The molecule has 1 amide bonds. The number of nitriles is 1. The second-order valence-electron chi connectivity index (χ2n) is 5.47. The number of nitrogens with zero attached hydrogens (tertiary/aromatic N) is 1. The zero-order valence-electron chi connectivity index (χ0n) is 14.5. The van der Waals surface area contributed by atoms with Crippen LogP contribution in [0.4, 0.5) is 0 Å². The van der Waals surface area contributed by atoms with E-state index in [9.17, 15) is 14.9 Å². The summed E-state index contributed by atoms with van der Waals surface area (Å²) in [5.74, 6) is -0.977. The summed E-state index contributed by atoms with van der Waals surface area (Å²) < 4.78 is 10.5. The summed E-state index contributed by atoms with van der Waals surface area (Å²) in [6.45, 7) is 0.894. The third-order valence-corrected chi connectivity index (χ3v) is 3.90. The first-order chi connectivity index (χ1) is 13.0. The molecule has 2 rings (SSSR count). The number of rotatable bonds is 8. The number of furan rings is 1. The van der Waals surface area contributed by atoms with Crippen molar-refractivity contribution in [3.8, 4) is 17.4 Å². The van der Waals surface area contributed by atoms with Crippen LogP contribution in [-0.2, 0) is 9.53 Å². The van der Waals surface area contributed by atoms with Gasteiger partial charge in [-0.2, -0.15) is 5.26 Å². The highest BCUT2D eigenvalue weighted by molar-refractivity contribution is 6.33. The van der Waals surface area contributed by atoms with Crippen molar-refractivity contribution < 1.29 is 23.8 Å². The molecular weight excluding hydrogens is 372 g/mol. The monoisotopic (exact) mass is 388 g/mol. The van der Waals surface area contributed by atoms with Crippen LogP contribution in [-0.4, -0.2) is 37.2 Å². The van der Waals surface area contributed by atoms with Gasteiger partial charge in [0.2, 0.25) is 0 Å². The lowest BCUT2D eigenvalue weighted by atomic mass is 10.1. The van der Waals surface area contributed by atoms with Crippen molar-refractivity contribution in [3.05, 3.63) is 52.3 Å². The quantitative estimate of drug-likeness (QED) is 0.407. The predicted molar refractivity (Wildman–Crippen MR) is 99.2 cm³/mol. The number of hydrogen-bond donors (Lipinski definition) is 2. The van der Waals surface area contributed by atoms with Crippen LogP contribution in [0.1, 0.15) is 22.5 Å². The van der Waals surface area contributed by atoms with Crippen LogP contribution in [0.25, 0.3) is 17.4 Å². The van der Waals surface area contributed by atoms with Gasteiger partial charge in [-0.1, -0.05) is 11.6 Å². The Balaban J connectivity index is 2.18. The van der Waals surface area contributed by atoms with Crippen LogP contribution in [0.2, 0.25) is 5.02 Å². The summed E-state index contributed by atoms with van der Waals surface area (Å²) >= 11 is 5.86. The largest absolute Gasteiger partial charge is 0.478 e. The second-order valence-corrected chi connectivity index (χ2v) is 5.88. The van der Waals surface area contributed by atoms with E-state index in [1.54, 1.807) is 25.3 Å². The topological polar surface area (TPSA) is 113 Å². The molecule has 8 heteroatoms. The van der Waals surface area contributed by atoms with Crippen molar-refractivity contribution in [1.29, 1.82) is 5.26 Å². The molecule has 7 nitrogen and oxygen atoms in total. The summed E-state index contributed by atoms with van der Waals surface area (Å²) in [4.78, 5) is 23.2. The van der Waals surface area contributed by atoms with Crippen molar-refractivity contribution in [2.24, 2.45) is 0 Å². The summed E-state index contributed by atoms with van der Waals surface area (Å²) in [5, 5.41) is 21.1. The fourth-order valence-electron chi connectivity index (χ4n) is 2.23. The average Bonchev–Trinajstić information content (AvgIpc) is 3.12. The normalized spacial score (nSPS) is 11.1. The minimum atomic E-state index is -1.15. The van der Waals surface area contributed by atoms with Crippen molar-refractivity contribution in [1.82, 2.24) is 5.32 Å². The lowest BCUT2D eigenvalue weighted by Crippen LogP contribution is -2.26. The maximum Gasteiger partial charge on any atom is 0.337 e. The van der Waals surface area contributed by atoms with E-state index in [0.29, 0.717) is 36.7 Å². The summed E-state index contributed by atoms with van der Waals surface area (Å²) in [6, 6.07) is 9.51. The Morgan fingerprint density at radius 1 is 1.37 bits per heavy atom. The van der Waals surface area contributed by atoms with Crippen LogP contribution in [0.5, 0.6) is 0 Å². The fraction of sp³-hybridized carbons (Fsp3) is 0.211. The number of hydrogen-bond acceptors (Lipinski definition) is 5. The minimum Gasteiger partial charge on any atom is -0.478 e. The molecular formula is C19H17ClN2O5. The van der Waals surface area contributed by atoms with Crippen molar-refractivity contribution in [3.63, 3.8) is 0 Å². The number of methoxy groups -OCH3 is 1. The van der Waals surface area contributed by atoms with Crippen LogP contribution in [0, 0.1) is 11.3 Å². The molecule has 0 saturated heterocycles. The summed E-state index contributed by atoms with van der Waals surface area (Å²) in [6.07, 6.45) is 1.96. The zero-order chi connectivity index (χ0) is 19.8. The maximum absolute atomic E-state index is 12.0. The number of amides is 1. The summed E-state index contributed by atoms with van der Waals surface area (Å²) in [5.41, 5.74) is 0.366. The van der Waals surface area contributed by atoms with E-state index in [4.69, 9.17) is 25.9 Å². The molecule has 0 unspecified atom stereocenters. The highest BCUT2D eigenvalue weighted by Crippen LogP contribution is 2.27. The molecule has 140 valence electrons. The van der Waals surface area contributed by atoms with Crippen LogP contribution in [0.3, 0.4) is 0 Å².